The number of halogens is 2. The minimum absolute atomic E-state index is 0.345. The average Bonchev–Trinajstić information content (AvgIpc) is 2.61. The molecule has 104 valence electrons. The molecule has 1 aliphatic heterocycles. The van der Waals surface area contributed by atoms with Gasteiger partial charge in [0.2, 0.25) is 5.91 Å². The maximum absolute atomic E-state index is 14.0. The Morgan fingerprint density at radius 3 is 2.89 bits per heavy atom. The second-order valence-corrected chi connectivity index (χ2v) is 5.53. The molecule has 1 aliphatic rings. The maximum atomic E-state index is 14.0. The maximum Gasteiger partial charge on any atom is 0.239 e. The highest BCUT2D eigenvalue weighted by atomic mass is 79.9. The van der Waals surface area contributed by atoms with Crippen LogP contribution in [0.3, 0.4) is 0 Å². The van der Waals surface area contributed by atoms with Crippen molar-refractivity contribution in [2.24, 2.45) is 5.73 Å². The number of nitrogens with zero attached hydrogens (tertiary/aromatic N) is 1. The topological polar surface area (TPSA) is 58.4 Å². The van der Waals surface area contributed by atoms with Gasteiger partial charge in [-0.2, -0.15) is 0 Å². The van der Waals surface area contributed by atoms with Crippen molar-refractivity contribution in [3.8, 4) is 0 Å². The van der Waals surface area contributed by atoms with Crippen LogP contribution < -0.4 is 11.1 Å². The van der Waals surface area contributed by atoms with Gasteiger partial charge in [-0.3, -0.25) is 9.69 Å². The third-order valence-corrected chi connectivity index (χ3v) is 3.76. The lowest BCUT2D eigenvalue weighted by Gasteiger charge is -2.28. The lowest BCUT2D eigenvalue weighted by atomic mass is 10.0. The van der Waals surface area contributed by atoms with E-state index < -0.39 is 17.8 Å². The third-order valence-electron chi connectivity index (χ3n) is 3.27. The van der Waals surface area contributed by atoms with E-state index in [2.05, 4.69) is 21.2 Å². The predicted molar refractivity (Wildman–Crippen MR) is 75.1 cm³/mol. The Bertz CT molecular complexity index is 461. The Hall–Kier alpha value is -0.980. The van der Waals surface area contributed by atoms with E-state index >= 15 is 0 Å². The van der Waals surface area contributed by atoms with Crippen LogP contribution in [0.15, 0.2) is 22.7 Å². The molecule has 2 rings (SSSR count). The highest BCUT2D eigenvalue weighted by Gasteiger charge is 2.28. The zero-order chi connectivity index (χ0) is 13.8. The zero-order valence-corrected chi connectivity index (χ0v) is 12.1. The summed E-state index contributed by atoms with van der Waals surface area (Å²) in [5.41, 5.74) is 5.82. The molecule has 0 bridgehead atoms. The van der Waals surface area contributed by atoms with E-state index in [-0.39, 0.29) is 0 Å². The molecule has 19 heavy (non-hydrogen) atoms. The van der Waals surface area contributed by atoms with Crippen molar-refractivity contribution in [2.75, 3.05) is 26.2 Å². The molecule has 1 aromatic rings. The van der Waals surface area contributed by atoms with Gasteiger partial charge in [0.1, 0.15) is 11.9 Å². The molecule has 1 heterocycles. The molecule has 0 spiro atoms. The van der Waals surface area contributed by atoms with E-state index in [1.165, 1.54) is 6.07 Å². The quantitative estimate of drug-likeness (QED) is 0.881. The number of primary amides is 1. The van der Waals surface area contributed by atoms with Crippen molar-refractivity contribution < 1.29 is 9.18 Å². The molecule has 3 N–H and O–H groups in total. The number of carbonyl (C=O) groups excluding carboxylic acids is 1. The van der Waals surface area contributed by atoms with Gasteiger partial charge in [-0.25, -0.2) is 4.39 Å². The van der Waals surface area contributed by atoms with Crippen molar-refractivity contribution >= 4 is 21.8 Å². The third kappa shape index (κ3) is 3.52. The second-order valence-electron chi connectivity index (χ2n) is 4.61. The summed E-state index contributed by atoms with van der Waals surface area (Å²) in [6.07, 6.45) is 0.919. The van der Waals surface area contributed by atoms with Gasteiger partial charge >= 0.3 is 0 Å². The van der Waals surface area contributed by atoms with E-state index in [0.717, 1.165) is 26.1 Å². The number of nitrogens with one attached hydrogen (secondary N) is 1. The van der Waals surface area contributed by atoms with Gasteiger partial charge in [0, 0.05) is 29.7 Å². The average molecular weight is 330 g/mol. The number of benzene rings is 1. The largest absolute Gasteiger partial charge is 0.368 e. The van der Waals surface area contributed by atoms with Crippen LogP contribution in [-0.2, 0) is 4.79 Å². The number of amides is 1. The Morgan fingerprint density at radius 1 is 1.42 bits per heavy atom. The highest BCUT2D eigenvalue weighted by molar-refractivity contribution is 9.10. The first-order chi connectivity index (χ1) is 9.09. The van der Waals surface area contributed by atoms with Crippen molar-refractivity contribution in [1.29, 1.82) is 0 Å². The van der Waals surface area contributed by atoms with Crippen molar-refractivity contribution in [1.82, 2.24) is 10.2 Å². The zero-order valence-electron chi connectivity index (χ0n) is 10.5. The standard InChI is InChI=1S/C13H17BrFN3O/c14-9-2-3-10(11(15)8-9)12(13(16)19)18-6-1-4-17-5-7-18/h2-3,8,12,17H,1,4-7H2,(H2,16,19). The van der Waals surface area contributed by atoms with Gasteiger partial charge in [0.15, 0.2) is 0 Å². The van der Waals surface area contributed by atoms with Gasteiger partial charge in [-0.1, -0.05) is 22.0 Å². The van der Waals surface area contributed by atoms with Crippen LogP contribution in [0.25, 0.3) is 0 Å². The van der Waals surface area contributed by atoms with E-state index in [4.69, 9.17) is 5.73 Å². The summed E-state index contributed by atoms with van der Waals surface area (Å²) in [5, 5.41) is 3.25. The fourth-order valence-corrected chi connectivity index (χ4v) is 2.71. The van der Waals surface area contributed by atoms with Gasteiger partial charge in [-0.05, 0) is 25.1 Å². The first-order valence-electron chi connectivity index (χ1n) is 6.28. The fraction of sp³-hybridized carbons (Fsp3) is 0.462. The molecule has 6 heteroatoms. The summed E-state index contributed by atoms with van der Waals surface area (Å²) in [4.78, 5) is 13.7. The van der Waals surface area contributed by atoms with Gasteiger partial charge < -0.3 is 11.1 Å². The second kappa shape index (κ2) is 6.45. The first kappa shape index (κ1) is 14.4. The van der Waals surface area contributed by atoms with E-state index in [0.29, 0.717) is 16.6 Å². The minimum Gasteiger partial charge on any atom is -0.368 e. The molecule has 4 nitrogen and oxygen atoms in total. The predicted octanol–water partition coefficient (Wildman–Crippen LogP) is 1.41. The van der Waals surface area contributed by atoms with Crippen LogP contribution in [0.5, 0.6) is 0 Å². The van der Waals surface area contributed by atoms with Crippen molar-refractivity contribution in [3.05, 3.63) is 34.1 Å². The molecule has 0 aliphatic carbocycles. The summed E-state index contributed by atoms with van der Waals surface area (Å²) in [5.74, 6) is -0.918. The molecule has 1 amide bonds. The first-order valence-corrected chi connectivity index (χ1v) is 7.08. The smallest absolute Gasteiger partial charge is 0.239 e. The monoisotopic (exact) mass is 329 g/mol. The van der Waals surface area contributed by atoms with E-state index in [9.17, 15) is 9.18 Å². The number of hydrogen-bond donors (Lipinski definition) is 2. The Morgan fingerprint density at radius 2 is 2.21 bits per heavy atom. The van der Waals surface area contributed by atoms with Crippen LogP contribution in [0, 0.1) is 5.82 Å². The van der Waals surface area contributed by atoms with Crippen LogP contribution in [0.4, 0.5) is 4.39 Å². The number of rotatable bonds is 3. The summed E-state index contributed by atoms with van der Waals surface area (Å²) >= 11 is 3.21. The van der Waals surface area contributed by atoms with Gasteiger partial charge in [-0.15, -0.1) is 0 Å². The molecular weight excluding hydrogens is 313 g/mol. The van der Waals surface area contributed by atoms with Gasteiger partial charge in [0.05, 0.1) is 0 Å². The molecule has 0 saturated carbocycles. The lowest BCUT2D eigenvalue weighted by Crippen LogP contribution is -2.40. The molecule has 1 atom stereocenters. The number of carbonyl (C=O) groups is 1. The van der Waals surface area contributed by atoms with Crippen LogP contribution in [-0.4, -0.2) is 37.0 Å². The summed E-state index contributed by atoms with van der Waals surface area (Å²) in [6.45, 7) is 3.10. The Balaban J connectivity index is 2.30. The molecule has 1 fully saturated rings. The van der Waals surface area contributed by atoms with Crippen LogP contribution in [0.1, 0.15) is 18.0 Å². The summed E-state index contributed by atoms with van der Waals surface area (Å²) < 4.78 is 14.7. The van der Waals surface area contributed by atoms with Gasteiger partial charge in [0.25, 0.3) is 0 Å². The number of hydrogen-bond acceptors (Lipinski definition) is 3. The molecule has 0 aromatic heterocycles. The van der Waals surface area contributed by atoms with E-state index in [1.54, 1.807) is 12.1 Å². The summed E-state index contributed by atoms with van der Waals surface area (Å²) in [6, 6.07) is 4.01. The highest BCUT2D eigenvalue weighted by Crippen LogP contribution is 2.26. The molecule has 1 saturated heterocycles. The van der Waals surface area contributed by atoms with Crippen LogP contribution >= 0.6 is 15.9 Å². The molecular formula is C13H17BrFN3O. The molecule has 0 radical (unpaired) electrons. The summed E-state index contributed by atoms with van der Waals surface area (Å²) in [7, 11) is 0. The Kier molecular flexibility index (Phi) is 4.90. The fourth-order valence-electron chi connectivity index (χ4n) is 2.38. The molecule has 1 aromatic carbocycles. The minimum atomic E-state index is -0.701. The SMILES string of the molecule is NC(=O)C(c1ccc(Br)cc1F)N1CCCNCC1. The number of nitrogens with two attached hydrogens (primary N) is 1. The Labute approximate surface area is 120 Å². The normalized spacial score (nSPS) is 18.8. The van der Waals surface area contributed by atoms with Crippen molar-refractivity contribution in [2.45, 2.75) is 12.5 Å². The van der Waals surface area contributed by atoms with Crippen LogP contribution in [0.2, 0.25) is 0 Å². The van der Waals surface area contributed by atoms with E-state index in [1.807, 2.05) is 4.90 Å². The van der Waals surface area contributed by atoms with Crippen molar-refractivity contribution in [3.63, 3.8) is 0 Å². The molecule has 1 unspecified atom stereocenters. The lowest BCUT2D eigenvalue weighted by molar-refractivity contribution is -0.123.